The summed E-state index contributed by atoms with van der Waals surface area (Å²) in [5.41, 5.74) is 0.630. The van der Waals surface area contributed by atoms with Crippen molar-refractivity contribution in [3.63, 3.8) is 0 Å². The molecule has 1 amide bonds. The first-order chi connectivity index (χ1) is 9.92. The first kappa shape index (κ1) is 16.2. The minimum Gasteiger partial charge on any atom is -0.496 e. The highest BCUT2D eigenvalue weighted by atomic mass is 127. The quantitative estimate of drug-likeness (QED) is 0.584. The van der Waals surface area contributed by atoms with Crippen LogP contribution in [0.5, 0.6) is 5.75 Å². The number of amides is 1. The number of hydrogen-bond donors (Lipinski definition) is 1. The number of methoxy groups -OCH3 is 1. The van der Waals surface area contributed by atoms with E-state index in [0.29, 0.717) is 27.2 Å². The maximum absolute atomic E-state index is 12.3. The zero-order chi connectivity index (χ0) is 15.6. The van der Waals surface area contributed by atoms with E-state index in [1.54, 1.807) is 11.4 Å². The Morgan fingerprint density at radius 3 is 2.71 bits per heavy atom. The molecular weight excluding hydrogens is 427 g/mol. The molecule has 0 spiro atoms. The molecule has 0 bridgehead atoms. The van der Waals surface area contributed by atoms with Crippen LogP contribution in [0, 0.1) is 3.57 Å². The molecule has 5 nitrogen and oxygen atoms in total. The zero-order valence-corrected chi connectivity index (χ0v) is 14.8. The van der Waals surface area contributed by atoms with Gasteiger partial charge in [-0.2, -0.15) is 0 Å². The number of ketones is 1. The average Bonchev–Trinajstić information content (AvgIpc) is 2.89. The molecular formula is C13H10ClIN2O3S. The van der Waals surface area contributed by atoms with E-state index in [2.05, 4.69) is 32.9 Å². The number of nitrogens with one attached hydrogen (secondary N) is 1. The number of hydrogen-bond acceptors (Lipinski definition) is 5. The van der Waals surface area contributed by atoms with Crippen LogP contribution < -0.4 is 10.1 Å². The van der Waals surface area contributed by atoms with Gasteiger partial charge in [-0.25, -0.2) is 4.98 Å². The Bertz CT molecular complexity index is 717. The van der Waals surface area contributed by atoms with Crippen molar-refractivity contribution >= 4 is 62.4 Å². The molecule has 0 fully saturated rings. The predicted molar refractivity (Wildman–Crippen MR) is 90.8 cm³/mol. The lowest BCUT2D eigenvalue weighted by Crippen LogP contribution is -2.13. The van der Waals surface area contributed by atoms with Gasteiger partial charge in [0.1, 0.15) is 11.4 Å². The lowest BCUT2D eigenvalue weighted by atomic mass is 10.2. The third-order valence-electron chi connectivity index (χ3n) is 2.57. The summed E-state index contributed by atoms with van der Waals surface area (Å²) < 4.78 is 5.98. The normalized spacial score (nSPS) is 10.3. The number of benzene rings is 1. The Hall–Kier alpha value is -1.19. The number of ether oxygens (including phenoxy) is 1. The molecule has 0 atom stereocenters. The summed E-state index contributed by atoms with van der Waals surface area (Å²) in [6.07, 6.45) is 0. The monoisotopic (exact) mass is 436 g/mol. The molecule has 1 heterocycles. The summed E-state index contributed by atoms with van der Waals surface area (Å²) in [4.78, 5) is 27.5. The van der Waals surface area contributed by atoms with E-state index in [0.717, 1.165) is 3.57 Å². The van der Waals surface area contributed by atoms with Gasteiger partial charge >= 0.3 is 0 Å². The Labute approximate surface area is 143 Å². The highest BCUT2D eigenvalue weighted by Gasteiger charge is 2.17. The Balaban J connectivity index is 2.27. The first-order valence-corrected chi connectivity index (χ1v) is 8.07. The van der Waals surface area contributed by atoms with E-state index in [4.69, 9.17) is 16.3 Å². The second-order valence-electron chi connectivity index (χ2n) is 4.01. The number of thiazole rings is 1. The Morgan fingerprint density at radius 1 is 1.43 bits per heavy atom. The van der Waals surface area contributed by atoms with Crippen molar-refractivity contribution in [3.8, 4) is 5.75 Å². The van der Waals surface area contributed by atoms with Crippen molar-refractivity contribution in [1.29, 1.82) is 0 Å². The van der Waals surface area contributed by atoms with Gasteiger partial charge < -0.3 is 4.74 Å². The van der Waals surface area contributed by atoms with E-state index < -0.39 is 5.91 Å². The molecule has 8 heteroatoms. The highest BCUT2D eigenvalue weighted by molar-refractivity contribution is 14.1. The van der Waals surface area contributed by atoms with Crippen molar-refractivity contribution in [1.82, 2.24) is 4.98 Å². The van der Waals surface area contributed by atoms with Crippen LogP contribution >= 0.6 is 45.5 Å². The fourth-order valence-electron chi connectivity index (χ4n) is 1.53. The molecule has 2 aromatic rings. The molecule has 21 heavy (non-hydrogen) atoms. The predicted octanol–water partition coefficient (Wildman–Crippen LogP) is 3.86. The molecule has 0 unspecified atom stereocenters. The molecule has 1 aromatic heterocycles. The molecule has 0 aliphatic heterocycles. The molecule has 0 aliphatic rings. The second kappa shape index (κ2) is 6.71. The Morgan fingerprint density at radius 2 is 2.14 bits per heavy atom. The van der Waals surface area contributed by atoms with Crippen LogP contribution in [0.15, 0.2) is 17.5 Å². The SMILES string of the molecule is COc1cc(I)c(Cl)cc1C(=O)Nc1nc(C(C)=O)cs1. The molecule has 0 aliphatic carbocycles. The maximum atomic E-state index is 12.3. The van der Waals surface area contributed by atoms with Gasteiger partial charge in [0.25, 0.3) is 5.91 Å². The third-order valence-corrected chi connectivity index (χ3v) is 4.85. The summed E-state index contributed by atoms with van der Waals surface area (Å²) in [5.74, 6) is -0.124. The number of carbonyl (C=O) groups is 2. The minimum atomic E-state index is -0.394. The van der Waals surface area contributed by atoms with E-state index in [-0.39, 0.29) is 5.78 Å². The van der Waals surface area contributed by atoms with Gasteiger partial charge in [-0.1, -0.05) is 11.6 Å². The van der Waals surface area contributed by atoms with Crippen LogP contribution in [0.25, 0.3) is 0 Å². The van der Waals surface area contributed by atoms with E-state index in [1.165, 1.54) is 31.4 Å². The fraction of sp³-hybridized carbons (Fsp3) is 0.154. The average molecular weight is 437 g/mol. The molecule has 1 N–H and O–H groups in total. The van der Waals surface area contributed by atoms with Crippen LogP contribution in [-0.4, -0.2) is 23.8 Å². The molecule has 110 valence electrons. The largest absolute Gasteiger partial charge is 0.496 e. The van der Waals surface area contributed by atoms with Crippen molar-refractivity contribution in [2.24, 2.45) is 0 Å². The molecule has 0 radical (unpaired) electrons. The number of Topliss-reactive ketones (excluding diaryl/α,β-unsaturated/α-hetero) is 1. The second-order valence-corrected chi connectivity index (χ2v) is 6.44. The summed E-state index contributed by atoms with van der Waals surface area (Å²) >= 11 is 9.27. The van der Waals surface area contributed by atoms with E-state index in [9.17, 15) is 9.59 Å². The number of rotatable bonds is 4. The van der Waals surface area contributed by atoms with E-state index in [1.807, 2.05) is 0 Å². The topological polar surface area (TPSA) is 68.3 Å². The number of anilines is 1. The molecule has 2 rings (SSSR count). The Kier molecular flexibility index (Phi) is 5.17. The third kappa shape index (κ3) is 3.72. The van der Waals surface area contributed by atoms with Gasteiger partial charge in [-0.3, -0.25) is 14.9 Å². The summed E-state index contributed by atoms with van der Waals surface area (Å²) in [7, 11) is 1.48. The number of halogens is 2. The van der Waals surface area contributed by atoms with E-state index >= 15 is 0 Å². The lowest BCUT2D eigenvalue weighted by molar-refractivity contribution is 0.100. The highest BCUT2D eigenvalue weighted by Crippen LogP contribution is 2.29. The van der Waals surface area contributed by atoms with Gasteiger partial charge in [0, 0.05) is 15.9 Å². The van der Waals surface area contributed by atoms with Crippen LogP contribution in [0.1, 0.15) is 27.8 Å². The van der Waals surface area contributed by atoms with Gasteiger partial charge in [-0.05, 0) is 34.7 Å². The van der Waals surface area contributed by atoms with Gasteiger partial charge in [-0.15, -0.1) is 11.3 Å². The number of aromatic nitrogens is 1. The molecule has 0 saturated heterocycles. The van der Waals surface area contributed by atoms with Gasteiger partial charge in [0.15, 0.2) is 10.9 Å². The summed E-state index contributed by atoms with van der Waals surface area (Å²) in [6, 6.07) is 3.22. The van der Waals surface area contributed by atoms with Crippen LogP contribution in [0.2, 0.25) is 5.02 Å². The fourth-order valence-corrected chi connectivity index (χ4v) is 2.88. The standard InChI is InChI=1S/C13H10ClIN2O3S/c1-6(18)10-5-21-13(16-10)17-12(19)7-3-8(14)9(15)4-11(7)20-2/h3-5H,1-2H3,(H,16,17,19). The first-order valence-electron chi connectivity index (χ1n) is 5.73. The molecule has 1 aromatic carbocycles. The minimum absolute atomic E-state index is 0.151. The van der Waals surface area contributed by atoms with Crippen molar-refractivity contribution in [2.45, 2.75) is 6.92 Å². The van der Waals surface area contributed by atoms with Crippen LogP contribution in [0.4, 0.5) is 5.13 Å². The van der Waals surface area contributed by atoms with Crippen molar-refractivity contribution < 1.29 is 14.3 Å². The van der Waals surface area contributed by atoms with Gasteiger partial charge in [0.2, 0.25) is 0 Å². The maximum Gasteiger partial charge on any atom is 0.261 e. The smallest absolute Gasteiger partial charge is 0.261 e. The number of nitrogens with zero attached hydrogens (tertiary/aromatic N) is 1. The summed E-state index contributed by atoms with van der Waals surface area (Å²) in [6.45, 7) is 1.42. The van der Waals surface area contributed by atoms with Crippen LogP contribution in [0.3, 0.4) is 0 Å². The number of carbonyl (C=O) groups excluding carboxylic acids is 2. The zero-order valence-electron chi connectivity index (χ0n) is 11.1. The summed E-state index contributed by atoms with van der Waals surface area (Å²) in [5, 5.41) is 5.04. The van der Waals surface area contributed by atoms with Crippen molar-refractivity contribution in [2.75, 3.05) is 12.4 Å². The lowest BCUT2D eigenvalue weighted by Gasteiger charge is -2.09. The van der Waals surface area contributed by atoms with Crippen molar-refractivity contribution in [3.05, 3.63) is 37.4 Å². The van der Waals surface area contributed by atoms with Crippen LogP contribution in [-0.2, 0) is 0 Å². The molecule has 0 saturated carbocycles. The van der Waals surface area contributed by atoms with Gasteiger partial charge in [0.05, 0.1) is 17.7 Å².